The fourth-order valence-electron chi connectivity index (χ4n) is 13.2. The predicted molar refractivity (Wildman–Crippen MR) is 429 cm³/mol. The maximum atomic E-state index is 15.1. The normalized spacial score (nSPS) is 12.7. The zero-order valence-corrected chi connectivity index (χ0v) is 64.2. The van der Waals surface area contributed by atoms with Crippen LogP contribution >= 0.6 is 0 Å². The summed E-state index contributed by atoms with van der Waals surface area (Å²) < 4.78 is 6.01. The van der Waals surface area contributed by atoms with Crippen molar-refractivity contribution in [3.8, 4) is 50.3 Å². The summed E-state index contributed by atoms with van der Waals surface area (Å²) in [5, 5.41) is 8.80. The van der Waals surface area contributed by atoms with Crippen LogP contribution < -0.4 is 20.7 Å². The number of hydrogen-bond donors (Lipinski definition) is 5. The molecule has 0 radical (unpaired) electrons. The van der Waals surface area contributed by atoms with Gasteiger partial charge in [-0.25, -0.2) is 9.97 Å². The van der Waals surface area contributed by atoms with Crippen molar-refractivity contribution in [2.45, 2.75) is 177 Å². The SMILES string of the molecule is CCN(CC)C(=O)CC(=O)Nc1cccc(C(=O)Nc2cccc(NC(=O)c3cc(-c4c5nc(c(-c6cc(C(C)(C)C)cc(C(C)(C)C)c6)c6ccc([nH]6)c(-c6cc(C(C)(C)C)cc(C(C)(C)C)c6)c6nc(c(-c7cc(C(C)(C)C)cc(C(C)(C)C)c7)c7ccc4[nH]7)C=C6)C=C5)ccc3OC)c2)c1. The monoisotopic (exact) mass is 1370 g/mol. The molecule has 0 atom stereocenters. The number of hydrogen-bond acceptors (Lipinski definition) is 7. The quantitative estimate of drug-likeness (QED) is 0.0674. The molecule has 3 aromatic heterocycles. The van der Waals surface area contributed by atoms with Crippen LogP contribution in [0.25, 0.3) is 90.9 Å². The second-order valence-electron chi connectivity index (χ2n) is 33.7. The minimum atomic E-state index is -0.477. The Morgan fingerprint density at radius 2 is 0.728 bits per heavy atom. The summed E-state index contributed by atoms with van der Waals surface area (Å²) in [6.07, 6.45) is 8.24. The third-order valence-corrected chi connectivity index (χ3v) is 19.6. The van der Waals surface area contributed by atoms with Gasteiger partial charge < -0.3 is 35.6 Å². The molecule has 0 unspecified atom stereocenters. The lowest BCUT2D eigenvalue weighted by atomic mass is 9.78. The van der Waals surface area contributed by atoms with E-state index in [0.717, 1.165) is 78.1 Å². The van der Waals surface area contributed by atoms with Gasteiger partial charge in [0.15, 0.2) is 0 Å². The number of aromatic nitrogens is 4. The lowest BCUT2D eigenvalue weighted by Crippen LogP contribution is -2.33. The van der Waals surface area contributed by atoms with E-state index in [2.05, 4.69) is 254 Å². The average molecular weight is 1380 g/mol. The first kappa shape index (κ1) is 73.8. The molecule has 2 aliphatic rings. The van der Waals surface area contributed by atoms with E-state index < -0.39 is 17.7 Å². The van der Waals surface area contributed by atoms with Crippen molar-refractivity contribution in [3.63, 3.8) is 0 Å². The lowest BCUT2D eigenvalue weighted by Gasteiger charge is -2.26. The number of H-pyrrole nitrogens is 2. The molecule has 9 aromatic rings. The summed E-state index contributed by atoms with van der Waals surface area (Å²) in [6.45, 7) is 45.6. The zero-order chi connectivity index (χ0) is 74.6. The molecule has 103 heavy (non-hydrogen) atoms. The van der Waals surface area contributed by atoms with Gasteiger partial charge in [0.2, 0.25) is 11.8 Å². The maximum absolute atomic E-state index is 15.1. The standard InChI is InChI=1S/C90H102N8O5/c1-22-98(23-2)78(100)52-77(99)91-64-27-24-26-54(46-64)83(101)92-65-28-25-29-66(51-65)93-84(102)67-47-53(30-39-76(67)103-21)79-68-31-33-70(94-68)80(55-40-58(85(3,4)5)48-59(41-55)86(6,7)8)72-35-37-74(96-72)82(57-44-62(89(15,16)17)50-63(45-57)90(18,19)20)75-38-36-73(97-75)81(71-34-32-69(79)95-71)56-42-60(87(9,10)11)49-61(43-56)88(12,13)14/h24-51,94,97H,22-23,52H2,1-21H3,(H,91,99)(H,92,101)(H,93,102). The van der Waals surface area contributed by atoms with Crippen LogP contribution in [0.15, 0.2) is 146 Å². The Hall–Kier alpha value is -10.4. The largest absolute Gasteiger partial charge is 0.496 e. The Balaban J connectivity index is 1.14. The first-order valence-electron chi connectivity index (χ1n) is 36.0. The van der Waals surface area contributed by atoms with Gasteiger partial charge in [-0.15, -0.1) is 0 Å². The van der Waals surface area contributed by atoms with Crippen LogP contribution in [0, 0.1) is 0 Å². The van der Waals surface area contributed by atoms with E-state index >= 15 is 4.79 Å². The number of amides is 4. The molecule has 0 aliphatic carbocycles. The molecule has 532 valence electrons. The molecule has 2 aliphatic heterocycles. The van der Waals surface area contributed by atoms with Gasteiger partial charge in [0.1, 0.15) is 12.2 Å². The fourth-order valence-corrected chi connectivity index (χ4v) is 13.2. The van der Waals surface area contributed by atoms with Crippen molar-refractivity contribution in [2.24, 2.45) is 0 Å². The number of nitrogens with one attached hydrogen (secondary N) is 5. The van der Waals surface area contributed by atoms with Gasteiger partial charge in [0, 0.05) is 80.0 Å². The molecule has 5 heterocycles. The van der Waals surface area contributed by atoms with Crippen LogP contribution in [0.3, 0.4) is 0 Å². The van der Waals surface area contributed by atoms with Crippen molar-refractivity contribution in [3.05, 3.63) is 213 Å². The summed E-state index contributed by atoms with van der Waals surface area (Å²) in [7, 11) is 1.55. The number of rotatable bonds is 14. The topological polar surface area (TPSA) is 174 Å². The Morgan fingerprint density at radius 1 is 0.388 bits per heavy atom. The number of fused-ring (bicyclic) bond motifs is 8. The highest BCUT2D eigenvalue weighted by Gasteiger charge is 2.29. The summed E-state index contributed by atoms with van der Waals surface area (Å²) in [6, 6.07) is 48.8. The van der Waals surface area contributed by atoms with Crippen LogP contribution in [0.2, 0.25) is 0 Å². The number of aromatic amines is 2. The van der Waals surface area contributed by atoms with Crippen LogP contribution in [-0.4, -0.2) is 68.7 Å². The second kappa shape index (κ2) is 28.1. The first-order chi connectivity index (χ1) is 48.3. The molecule has 4 amide bonds. The predicted octanol–water partition coefficient (Wildman–Crippen LogP) is 21.8. The fraction of sp³-hybridized carbons (Fsp3) is 0.333. The van der Waals surface area contributed by atoms with Gasteiger partial charge in [-0.1, -0.05) is 197 Å². The molecule has 5 N–H and O–H groups in total. The second-order valence-corrected chi connectivity index (χ2v) is 33.7. The van der Waals surface area contributed by atoms with Crippen molar-refractivity contribution in [1.82, 2.24) is 24.8 Å². The van der Waals surface area contributed by atoms with Crippen molar-refractivity contribution < 1.29 is 23.9 Å². The third-order valence-electron chi connectivity index (χ3n) is 19.6. The molecule has 0 fully saturated rings. The number of carbonyl (C=O) groups is 4. The van der Waals surface area contributed by atoms with E-state index in [9.17, 15) is 14.4 Å². The zero-order valence-electron chi connectivity index (χ0n) is 64.2. The van der Waals surface area contributed by atoms with Gasteiger partial charge in [0.05, 0.1) is 35.4 Å². The van der Waals surface area contributed by atoms with E-state index in [1.807, 2.05) is 32.0 Å². The molecule has 0 spiro atoms. The number of anilines is 3. The van der Waals surface area contributed by atoms with Crippen molar-refractivity contribution in [2.75, 3.05) is 36.1 Å². The lowest BCUT2D eigenvalue weighted by molar-refractivity contribution is -0.134. The van der Waals surface area contributed by atoms with Crippen molar-refractivity contribution in [1.29, 1.82) is 0 Å². The number of carbonyl (C=O) groups excluding carboxylic acids is 4. The van der Waals surface area contributed by atoms with E-state index in [0.29, 0.717) is 47.2 Å². The van der Waals surface area contributed by atoms with Crippen molar-refractivity contribution >= 4 is 87.1 Å². The first-order valence-corrected chi connectivity index (χ1v) is 36.0. The Labute approximate surface area is 609 Å². The molecular weight excluding hydrogens is 1270 g/mol. The van der Waals surface area contributed by atoms with Gasteiger partial charge in [0.25, 0.3) is 11.8 Å². The van der Waals surface area contributed by atoms with E-state index in [4.69, 9.17) is 14.7 Å². The summed E-state index contributed by atoms with van der Waals surface area (Å²) >= 11 is 0. The highest BCUT2D eigenvalue weighted by molar-refractivity contribution is 6.10. The van der Waals surface area contributed by atoms with Crippen LogP contribution in [0.5, 0.6) is 5.75 Å². The Kier molecular flexibility index (Phi) is 20.1. The third kappa shape index (κ3) is 16.3. The van der Waals surface area contributed by atoms with Gasteiger partial charge in [-0.05, 0) is 199 Å². The van der Waals surface area contributed by atoms with Gasteiger partial charge in [-0.3, -0.25) is 19.2 Å². The van der Waals surface area contributed by atoms with E-state index in [1.54, 1.807) is 60.5 Å². The summed E-state index contributed by atoms with van der Waals surface area (Å²) in [4.78, 5) is 75.8. The average Bonchev–Trinajstić information content (AvgIpc) is 1.38. The Morgan fingerprint density at radius 3 is 1.08 bits per heavy atom. The van der Waals surface area contributed by atoms with Crippen LogP contribution in [-0.2, 0) is 42.1 Å². The highest BCUT2D eigenvalue weighted by Crippen LogP contribution is 2.45. The molecule has 0 saturated carbocycles. The van der Waals surface area contributed by atoms with Gasteiger partial charge in [-0.2, -0.15) is 0 Å². The minimum Gasteiger partial charge on any atom is -0.496 e. The van der Waals surface area contributed by atoms with Gasteiger partial charge >= 0.3 is 0 Å². The molecule has 13 nitrogen and oxygen atoms in total. The van der Waals surface area contributed by atoms with Crippen LogP contribution in [0.4, 0.5) is 17.1 Å². The molecular formula is C90H102N8O5. The molecule has 0 saturated heterocycles. The number of nitrogens with zero attached hydrogens (tertiary/aromatic N) is 3. The molecule has 6 aromatic carbocycles. The smallest absolute Gasteiger partial charge is 0.259 e. The van der Waals surface area contributed by atoms with E-state index in [-0.39, 0.29) is 55.9 Å². The number of ether oxygens (including phenoxy) is 1. The summed E-state index contributed by atoms with van der Waals surface area (Å²) in [5.74, 6) is -1.31. The van der Waals surface area contributed by atoms with E-state index in [1.165, 1.54) is 33.4 Å². The Bertz CT molecular complexity index is 4920. The molecule has 11 rings (SSSR count). The minimum absolute atomic E-state index is 0.164. The number of benzene rings is 6. The maximum Gasteiger partial charge on any atom is 0.259 e. The summed E-state index contributed by atoms with van der Waals surface area (Å²) in [5.41, 5.74) is 21.8. The molecule has 8 bridgehead atoms. The highest BCUT2D eigenvalue weighted by atomic mass is 16.5. The van der Waals surface area contributed by atoms with Crippen LogP contribution in [0.1, 0.15) is 222 Å². The number of methoxy groups -OCH3 is 1. The molecule has 13 heteroatoms.